The molecule has 1 aliphatic heterocycles. The molecule has 1 saturated carbocycles. The van der Waals surface area contributed by atoms with Crippen LogP contribution in [0.3, 0.4) is 0 Å². The summed E-state index contributed by atoms with van der Waals surface area (Å²) in [6, 6.07) is 1.94. The van der Waals surface area contributed by atoms with Crippen molar-refractivity contribution < 1.29 is 8.42 Å². The van der Waals surface area contributed by atoms with E-state index in [1.165, 1.54) is 12.8 Å². The Morgan fingerprint density at radius 3 is 2.64 bits per heavy atom. The quantitative estimate of drug-likeness (QED) is 0.724. The number of nitrogens with one attached hydrogen (secondary N) is 2. The molecular formula is C14H23N5O2S. The predicted octanol–water partition coefficient (Wildman–Crippen LogP) is 0.879. The minimum absolute atomic E-state index is 0.171. The number of sulfonamides is 1. The van der Waals surface area contributed by atoms with Crippen LogP contribution in [0.2, 0.25) is 0 Å². The van der Waals surface area contributed by atoms with Crippen LogP contribution in [0.1, 0.15) is 31.5 Å². The van der Waals surface area contributed by atoms with Crippen molar-refractivity contribution in [2.75, 3.05) is 36.4 Å². The lowest BCUT2D eigenvalue weighted by molar-refractivity contribution is 0.581. The van der Waals surface area contributed by atoms with Crippen LogP contribution >= 0.6 is 0 Å². The normalized spacial score (nSPS) is 18.7. The summed E-state index contributed by atoms with van der Waals surface area (Å²) in [5.74, 6) is 2.43. The zero-order valence-electron chi connectivity index (χ0n) is 12.9. The Kier molecular flexibility index (Phi) is 4.49. The van der Waals surface area contributed by atoms with Crippen LogP contribution in [0.15, 0.2) is 6.07 Å². The molecule has 122 valence electrons. The van der Waals surface area contributed by atoms with Gasteiger partial charge in [0.1, 0.15) is 17.5 Å². The summed E-state index contributed by atoms with van der Waals surface area (Å²) in [5.41, 5.74) is 0. The largest absolute Gasteiger partial charge is 0.369 e. The fraction of sp³-hybridized carbons (Fsp3) is 0.714. The van der Waals surface area contributed by atoms with Gasteiger partial charge in [0.15, 0.2) is 0 Å². The third-order valence-corrected chi connectivity index (χ3v) is 5.91. The van der Waals surface area contributed by atoms with E-state index >= 15 is 0 Å². The van der Waals surface area contributed by atoms with E-state index in [0.717, 1.165) is 43.4 Å². The van der Waals surface area contributed by atoms with Gasteiger partial charge in [-0.1, -0.05) is 0 Å². The molecule has 2 fully saturated rings. The molecule has 2 N–H and O–H groups in total. The summed E-state index contributed by atoms with van der Waals surface area (Å²) in [4.78, 5) is 11.1. The average molecular weight is 325 g/mol. The number of nitrogens with zero attached hydrogens (tertiary/aromatic N) is 3. The monoisotopic (exact) mass is 325 g/mol. The number of aromatic nitrogens is 2. The maximum atomic E-state index is 11.7. The van der Waals surface area contributed by atoms with Gasteiger partial charge in [-0.05, 0) is 32.6 Å². The fourth-order valence-corrected chi connectivity index (χ4v) is 4.01. The topological polar surface area (TPSA) is 87.2 Å². The van der Waals surface area contributed by atoms with Crippen molar-refractivity contribution in [3.8, 4) is 0 Å². The second-order valence-electron chi connectivity index (χ2n) is 5.92. The lowest BCUT2D eigenvalue weighted by atomic mass is 10.4. The Bertz CT molecular complexity index is 624. The Hall–Kier alpha value is -1.41. The lowest BCUT2D eigenvalue weighted by Crippen LogP contribution is -2.31. The second kappa shape index (κ2) is 6.37. The van der Waals surface area contributed by atoms with E-state index < -0.39 is 10.0 Å². The first-order chi connectivity index (χ1) is 10.5. The van der Waals surface area contributed by atoms with E-state index in [-0.39, 0.29) is 5.25 Å². The highest BCUT2D eigenvalue weighted by Crippen LogP contribution is 2.27. The number of anilines is 2. The lowest BCUT2D eigenvalue weighted by Gasteiger charge is -2.17. The van der Waals surface area contributed by atoms with Crippen molar-refractivity contribution in [3.63, 3.8) is 0 Å². The van der Waals surface area contributed by atoms with Gasteiger partial charge in [-0.25, -0.2) is 23.1 Å². The van der Waals surface area contributed by atoms with Gasteiger partial charge in [0.2, 0.25) is 10.0 Å². The zero-order valence-corrected chi connectivity index (χ0v) is 13.7. The van der Waals surface area contributed by atoms with E-state index in [0.29, 0.717) is 13.1 Å². The summed E-state index contributed by atoms with van der Waals surface area (Å²) in [7, 11) is -3.10. The Labute approximate surface area is 131 Å². The van der Waals surface area contributed by atoms with E-state index in [1.807, 2.05) is 13.0 Å². The Morgan fingerprint density at radius 2 is 1.95 bits per heavy atom. The third-order valence-electron chi connectivity index (χ3n) is 3.95. The van der Waals surface area contributed by atoms with Crippen LogP contribution in [-0.2, 0) is 10.0 Å². The summed E-state index contributed by atoms with van der Waals surface area (Å²) in [6.07, 6.45) is 3.98. The molecule has 2 aliphatic rings. The second-order valence-corrected chi connectivity index (χ2v) is 7.96. The molecule has 0 aromatic carbocycles. The van der Waals surface area contributed by atoms with Gasteiger partial charge in [0.05, 0.1) is 5.25 Å². The highest BCUT2D eigenvalue weighted by atomic mass is 32.2. The van der Waals surface area contributed by atoms with Gasteiger partial charge in [-0.15, -0.1) is 0 Å². The van der Waals surface area contributed by atoms with Crippen molar-refractivity contribution in [2.45, 2.75) is 37.9 Å². The van der Waals surface area contributed by atoms with Crippen LogP contribution in [0.4, 0.5) is 11.6 Å². The van der Waals surface area contributed by atoms with Crippen LogP contribution in [0.25, 0.3) is 0 Å². The van der Waals surface area contributed by atoms with Gasteiger partial charge in [0.25, 0.3) is 0 Å². The molecule has 0 amide bonds. The standard InChI is InChI=1S/C14H23N5O2S/c1-11-17-13(10-14(18-11)19-8-2-3-9-19)15-6-7-16-22(20,21)12-4-5-12/h10,12,16H,2-9H2,1H3,(H,15,17,18). The summed E-state index contributed by atoms with van der Waals surface area (Å²) >= 11 is 0. The molecule has 0 spiro atoms. The molecule has 3 rings (SSSR count). The van der Waals surface area contributed by atoms with Crippen molar-refractivity contribution in [3.05, 3.63) is 11.9 Å². The van der Waals surface area contributed by atoms with Gasteiger partial charge in [0, 0.05) is 32.2 Å². The molecular weight excluding hydrogens is 302 g/mol. The number of rotatable bonds is 7. The molecule has 1 saturated heterocycles. The third kappa shape index (κ3) is 3.86. The Balaban J connectivity index is 1.53. The van der Waals surface area contributed by atoms with E-state index in [9.17, 15) is 8.42 Å². The summed E-state index contributed by atoms with van der Waals surface area (Å²) in [5, 5.41) is 3.01. The summed E-state index contributed by atoms with van der Waals surface area (Å²) in [6.45, 7) is 4.84. The highest BCUT2D eigenvalue weighted by Gasteiger charge is 2.35. The molecule has 0 unspecified atom stereocenters. The zero-order chi connectivity index (χ0) is 15.6. The number of hydrogen-bond donors (Lipinski definition) is 2. The molecule has 2 heterocycles. The van der Waals surface area contributed by atoms with E-state index in [1.54, 1.807) is 0 Å². The van der Waals surface area contributed by atoms with Crippen LogP contribution < -0.4 is 14.9 Å². The minimum atomic E-state index is -3.10. The van der Waals surface area contributed by atoms with Gasteiger partial charge in [-0.3, -0.25) is 0 Å². The maximum absolute atomic E-state index is 11.7. The molecule has 0 bridgehead atoms. The van der Waals surface area contributed by atoms with Gasteiger partial charge in [-0.2, -0.15) is 0 Å². The van der Waals surface area contributed by atoms with Crippen molar-refractivity contribution in [1.29, 1.82) is 0 Å². The molecule has 7 nitrogen and oxygen atoms in total. The van der Waals surface area contributed by atoms with Gasteiger partial charge < -0.3 is 10.2 Å². The maximum Gasteiger partial charge on any atom is 0.214 e. The Morgan fingerprint density at radius 1 is 1.23 bits per heavy atom. The van der Waals surface area contributed by atoms with Crippen molar-refractivity contribution in [1.82, 2.24) is 14.7 Å². The van der Waals surface area contributed by atoms with Crippen molar-refractivity contribution >= 4 is 21.7 Å². The van der Waals surface area contributed by atoms with E-state index in [4.69, 9.17) is 0 Å². The van der Waals surface area contributed by atoms with Crippen LogP contribution in [0.5, 0.6) is 0 Å². The van der Waals surface area contributed by atoms with Crippen LogP contribution in [0, 0.1) is 6.92 Å². The average Bonchev–Trinajstić information content (AvgIpc) is 3.20. The predicted molar refractivity (Wildman–Crippen MR) is 86.7 cm³/mol. The SMILES string of the molecule is Cc1nc(NCCNS(=O)(=O)C2CC2)cc(N2CCCC2)n1. The molecule has 8 heteroatoms. The molecule has 1 aromatic rings. The minimum Gasteiger partial charge on any atom is -0.369 e. The van der Waals surface area contributed by atoms with E-state index in [2.05, 4.69) is 24.9 Å². The van der Waals surface area contributed by atoms with Crippen molar-refractivity contribution in [2.24, 2.45) is 0 Å². The summed E-state index contributed by atoms with van der Waals surface area (Å²) < 4.78 is 26.1. The molecule has 1 aliphatic carbocycles. The molecule has 0 radical (unpaired) electrons. The fourth-order valence-electron chi connectivity index (χ4n) is 2.63. The molecule has 22 heavy (non-hydrogen) atoms. The first kappa shape index (κ1) is 15.5. The highest BCUT2D eigenvalue weighted by molar-refractivity contribution is 7.90. The molecule has 0 atom stereocenters. The number of hydrogen-bond acceptors (Lipinski definition) is 6. The smallest absolute Gasteiger partial charge is 0.214 e. The molecule has 1 aromatic heterocycles. The first-order valence-electron chi connectivity index (χ1n) is 7.87. The number of aryl methyl sites for hydroxylation is 1. The first-order valence-corrected chi connectivity index (χ1v) is 9.42. The van der Waals surface area contributed by atoms with Crippen LogP contribution in [-0.4, -0.2) is 49.8 Å². The van der Waals surface area contributed by atoms with Gasteiger partial charge >= 0.3 is 0 Å².